The van der Waals surface area contributed by atoms with E-state index in [0.29, 0.717) is 28.2 Å². The summed E-state index contributed by atoms with van der Waals surface area (Å²) >= 11 is 7.41. The molecule has 0 spiro atoms. The minimum Gasteiger partial charge on any atom is -0.355 e. The molecule has 1 aromatic heterocycles. The molecule has 0 aliphatic carbocycles. The third-order valence-corrected chi connectivity index (χ3v) is 5.81. The quantitative estimate of drug-likeness (QED) is 0.408. The number of thioether (sulfide) groups is 1. The minimum absolute atomic E-state index is 0.0533. The molecule has 0 fully saturated rings. The Morgan fingerprint density at radius 3 is 2.59 bits per heavy atom. The topological polar surface area (TPSA) is 59.8 Å². The zero-order chi connectivity index (χ0) is 23.3. The number of nitrogens with zero attached hydrogens (tertiary/aromatic N) is 3. The normalized spacial score (nSPS) is 11.7. The number of halogens is 4. The highest BCUT2D eigenvalue weighted by molar-refractivity contribution is 7.99. The molecular formula is C22H22ClF3N4OS. The molecule has 1 amide bonds. The van der Waals surface area contributed by atoms with E-state index in [1.807, 2.05) is 0 Å². The molecule has 1 heterocycles. The summed E-state index contributed by atoms with van der Waals surface area (Å²) in [5.74, 6) is 0.619. The van der Waals surface area contributed by atoms with Gasteiger partial charge < -0.3 is 5.32 Å². The van der Waals surface area contributed by atoms with E-state index in [2.05, 4.69) is 29.4 Å². The molecule has 2 aromatic carbocycles. The van der Waals surface area contributed by atoms with E-state index in [4.69, 9.17) is 11.6 Å². The van der Waals surface area contributed by atoms with E-state index >= 15 is 0 Å². The van der Waals surface area contributed by atoms with E-state index in [1.165, 1.54) is 16.7 Å². The lowest BCUT2D eigenvalue weighted by molar-refractivity contribution is -0.137. The van der Waals surface area contributed by atoms with Crippen LogP contribution in [0.5, 0.6) is 0 Å². The number of hydrogen-bond acceptors (Lipinski definition) is 4. The average molecular weight is 483 g/mol. The second-order valence-electron chi connectivity index (χ2n) is 7.49. The van der Waals surface area contributed by atoms with Crippen molar-refractivity contribution in [2.24, 2.45) is 5.92 Å². The Balaban J connectivity index is 1.95. The van der Waals surface area contributed by atoms with Crippen molar-refractivity contribution >= 4 is 29.3 Å². The Morgan fingerprint density at radius 1 is 1.16 bits per heavy atom. The van der Waals surface area contributed by atoms with Gasteiger partial charge in [-0.1, -0.05) is 55.4 Å². The number of alkyl halides is 3. The number of amides is 1. The molecule has 170 valence electrons. The van der Waals surface area contributed by atoms with Gasteiger partial charge in [0, 0.05) is 12.1 Å². The third kappa shape index (κ3) is 6.04. The van der Waals surface area contributed by atoms with Crippen LogP contribution in [0, 0.1) is 5.92 Å². The Morgan fingerprint density at radius 2 is 1.91 bits per heavy atom. The van der Waals surface area contributed by atoms with Gasteiger partial charge in [-0.25, -0.2) is 0 Å². The smallest absolute Gasteiger partial charge is 0.355 e. The third-order valence-electron chi connectivity index (χ3n) is 4.56. The van der Waals surface area contributed by atoms with Crippen LogP contribution in [0.25, 0.3) is 17.1 Å². The van der Waals surface area contributed by atoms with E-state index in [9.17, 15) is 18.0 Å². The highest BCUT2D eigenvalue weighted by Gasteiger charge is 2.31. The van der Waals surface area contributed by atoms with Crippen molar-refractivity contribution in [2.45, 2.75) is 31.6 Å². The largest absolute Gasteiger partial charge is 0.416 e. The van der Waals surface area contributed by atoms with Crippen molar-refractivity contribution in [2.75, 3.05) is 12.3 Å². The van der Waals surface area contributed by atoms with Crippen molar-refractivity contribution in [1.82, 2.24) is 20.1 Å². The minimum atomic E-state index is -4.50. The first kappa shape index (κ1) is 24.1. The van der Waals surface area contributed by atoms with Gasteiger partial charge >= 0.3 is 6.18 Å². The Kier molecular flexibility index (Phi) is 7.84. The number of benzene rings is 2. The molecule has 3 aromatic rings. The number of hydrogen-bond donors (Lipinski definition) is 1. The lowest BCUT2D eigenvalue weighted by Gasteiger charge is -2.14. The standard InChI is InChI=1S/C22H22ClF3N4OS/c1-14(2)10-11-27-19(31)13-32-21-29-28-20(17-8-3-4-9-18(17)23)30(21)16-7-5-6-15(12-16)22(24,25)26/h3-9,12,14H,10-11,13H2,1-2H3,(H,27,31). The molecule has 32 heavy (non-hydrogen) atoms. The summed E-state index contributed by atoms with van der Waals surface area (Å²) < 4.78 is 41.4. The van der Waals surface area contributed by atoms with Crippen LogP contribution in [0.3, 0.4) is 0 Å². The van der Waals surface area contributed by atoms with Gasteiger partial charge in [-0.05, 0) is 42.7 Å². The molecule has 0 radical (unpaired) electrons. The van der Waals surface area contributed by atoms with E-state index in [0.717, 1.165) is 30.3 Å². The van der Waals surface area contributed by atoms with Gasteiger partial charge in [0.05, 0.1) is 22.0 Å². The lowest BCUT2D eigenvalue weighted by atomic mass is 10.1. The molecule has 3 rings (SSSR count). The Hall–Kier alpha value is -2.52. The van der Waals surface area contributed by atoms with E-state index in [-0.39, 0.29) is 23.2 Å². The number of carbonyl (C=O) groups excluding carboxylic acids is 1. The van der Waals surface area contributed by atoms with Crippen LogP contribution in [0.1, 0.15) is 25.8 Å². The van der Waals surface area contributed by atoms with Gasteiger partial charge in [-0.3, -0.25) is 9.36 Å². The summed E-state index contributed by atoms with van der Waals surface area (Å²) in [4.78, 5) is 12.2. The first-order chi connectivity index (χ1) is 15.2. The van der Waals surface area contributed by atoms with Crippen molar-refractivity contribution < 1.29 is 18.0 Å². The zero-order valence-electron chi connectivity index (χ0n) is 17.5. The van der Waals surface area contributed by atoms with Crippen LogP contribution in [0.4, 0.5) is 13.2 Å². The fourth-order valence-electron chi connectivity index (χ4n) is 2.92. The predicted octanol–water partition coefficient (Wildman–Crippen LogP) is 5.86. The van der Waals surface area contributed by atoms with Gasteiger partial charge in [-0.2, -0.15) is 13.2 Å². The van der Waals surface area contributed by atoms with Crippen molar-refractivity contribution in [3.05, 3.63) is 59.1 Å². The summed E-state index contributed by atoms with van der Waals surface area (Å²) in [7, 11) is 0. The Labute approximate surface area is 193 Å². The van der Waals surface area contributed by atoms with Gasteiger partial charge in [0.25, 0.3) is 0 Å². The van der Waals surface area contributed by atoms with Gasteiger partial charge in [0.2, 0.25) is 5.91 Å². The molecule has 0 saturated carbocycles. The molecule has 0 aliphatic rings. The number of aromatic nitrogens is 3. The average Bonchev–Trinajstić information content (AvgIpc) is 3.15. The zero-order valence-corrected chi connectivity index (χ0v) is 19.1. The Bertz CT molecular complexity index is 1090. The summed E-state index contributed by atoms with van der Waals surface area (Å²) in [6.45, 7) is 4.69. The second kappa shape index (κ2) is 10.4. The summed E-state index contributed by atoms with van der Waals surface area (Å²) in [5, 5.41) is 11.8. The van der Waals surface area contributed by atoms with Crippen LogP contribution in [0.2, 0.25) is 5.02 Å². The van der Waals surface area contributed by atoms with Gasteiger partial charge in [-0.15, -0.1) is 10.2 Å². The van der Waals surface area contributed by atoms with Crippen LogP contribution in [0.15, 0.2) is 53.7 Å². The molecule has 5 nitrogen and oxygen atoms in total. The van der Waals surface area contributed by atoms with Gasteiger partial charge in [0.15, 0.2) is 11.0 Å². The summed E-state index contributed by atoms with van der Waals surface area (Å²) in [6.07, 6.45) is -3.65. The SMILES string of the molecule is CC(C)CCNC(=O)CSc1nnc(-c2ccccc2Cl)n1-c1cccc(C(F)(F)F)c1. The maximum atomic E-state index is 13.3. The number of carbonyl (C=O) groups is 1. The van der Waals surface area contributed by atoms with Crippen molar-refractivity contribution in [1.29, 1.82) is 0 Å². The van der Waals surface area contributed by atoms with Gasteiger partial charge in [0.1, 0.15) is 0 Å². The fraction of sp³-hybridized carbons (Fsp3) is 0.318. The molecule has 1 N–H and O–H groups in total. The number of nitrogens with one attached hydrogen (secondary N) is 1. The lowest BCUT2D eigenvalue weighted by Crippen LogP contribution is -2.27. The predicted molar refractivity (Wildman–Crippen MR) is 120 cm³/mol. The molecule has 0 atom stereocenters. The number of rotatable bonds is 8. The second-order valence-corrected chi connectivity index (χ2v) is 8.84. The van der Waals surface area contributed by atoms with Crippen LogP contribution < -0.4 is 5.32 Å². The van der Waals surface area contributed by atoms with Crippen molar-refractivity contribution in [3.63, 3.8) is 0 Å². The van der Waals surface area contributed by atoms with E-state index in [1.54, 1.807) is 24.3 Å². The molecule has 0 unspecified atom stereocenters. The molecule has 0 aliphatic heterocycles. The summed E-state index contributed by atoms with van der Waals surface area (Å²) in [6, 6.07) is 11.7. The molecule has 0 saturated heterocycles. The maximum Gasteiger partial charge on any atom is 0.416 e. The fourth-order valence-corrected chi connectivity index (χ4v) is 3.92. The first-order valence-electron chi connectivity index (χ1n) is 9.94. The van der Waals surface area contributed by atoms with Crippen molar-refractivity contribution in [3.8, 4) is 17.1 Å². The molecule has 10 heteroatoms. The highest BCUT2D eigenvalue weighted by atomic mass is 35.5. The van der Waals surface area contributed by atoms with Crippen LogP contribution in [-0.2, 0) is 11.0 Å². The first-order valence-corrected chi connectivity index (χ1v) is 11.3. The molecule has 0 bridgehead atoms. The maximum absolute atomic E-state index is 13.3. The highest BCUT2D eigenvalue weighted by Crippen LogP contribution is 2.35. The molecular weight excluding hydrogens is 461 g/mol. The monoisotopic (exact) mass is 482 g/mol. The van der Waals surface area contributed by atoms with Crippen LogP contribution in [-0.4, -0.2) is 33.0 Å². The van der Waals surface area contributed by atoms with Crippen LogP contribution >= 0.6 is 23.4 Å². The van der Waals surface area contributed by atoms with E-state index < -0.39 is 11.7 Å². The summed E-state index contributed by atoms with van der Waals surface area (Å²) in [5.41, 5.74) is -0.0500.